The molecule has 1 N–H and O–H groups in total. The van der Waals surface area contributed by atoms with E-state index in [4.69, 9.17) is 9.47 Å². The minimum atomic E-state index is -0.422. The van der Waals surface area contributed by atoms with Crippen molar-refractivity contribution in [2.75, 3.05) is 20.3 Å². The standard InChI is InChI=1S/C18H22FN3O3/c1-24-12-14-6-4-5-9-22(14)18(23)16-10-13(20-21-16)11-25-17-8-3-2-7-15(17)19/h2-3,7-8,10,14H,4-6,9,11-12H2,1H3,(H,20,21)/t14-/m0/s1. The molecule has 1 aliphatic heterocycles. The number of nitrogens with zero attached hydrogens (tertiary/aromatic N) is 2. The van der Waals surface area contributed by atoms with E-state index in [2.05, 4.69) is 10.2 Å². The zero-order valence-electron chi connectivity index (χ0n) is 14.2. The number of amides is 1. The van der Waals surface area contributed by atoms with Crippen LogP contribution in [0.4, 0.5) is 4.39 Å². The predicted octanol–water partition coefficient (Wildman–Crippen LogP) is 2.77. The Bertz CT molecular complexity index is 717. The van der Waals surface area contributed by atoms with Crippen molar-refractivity contribution >= 4 is 5.91 Å². The lowest BCUT2D eigenvalue weighted by molar-refractivity contribution is 0.0423. The molecule has 1 amide bonds. The van der Waals surface area contributed by atoms with Gasteiger partial charge in [0.2, 0.25) is 0 Å². The Balaban J connectivity index is 1.64. The summed E-state index contributed by atoms with van der Waals surface area (Å²) in [5.74, 6) is -0.370. The summed E-state index contributed by atoms with van der Waals surface area (Å²) in [5.41, 5.74) is 0.960. The van der Waals surface area contributed by atoms with Crippen molar-refractivity contribution in [2.45, 2.75) is 31.9 Å². The maximum Gasteiger partial charge on any atom is 0.274 e. The van der Waals surface area contributed by atoms with Crippen LogP contribution < -0.4 is 4.74 Å². The van der Waals surface area contributed by atoms with Gasteiger partial charge < -0.3 is 14.4 Å². The number of aromatic amines is 1. The molecule has 2 heterocycles. The number of aromatic nitrogens is 2. The first-order valence-corrected chi connectivity index (χ1v) is 8.40. The summed E-state index contributed by atoms with van der Waals surface area (Å²) in [6, 6.07) is 7.93. The summed E-state index contributed by atoms with van der Waals surface area (Å²) < 4.78 is 24.2. The van der Waals surface area contributed by atoms with Crippen LogP contribution in [0.5, 0.6) is 5.75 Å². The third kappa shape index (κ3) is 4.17. The first-order chi connectivity index (χ1) is 12.2. The Morgan fingerprint density at radius 1 is 1.40 bits per heavy atom. The van der Waals surface area contributed by atoms with Gasteiger partial charge in [0, 0.05) is 13.7 Å². The Hall–Kier alpha value is -2.41. The van der Waals surface area contributed by atoms with Crippen molar-refractivity contribution < 1.29 is 18.7 Å². The highest BCUT2D eigenvalue weighted by molar-refractivity contribution is 5.92. The van der Waals surface area contributed by atoms with Crippen molar-refractivity contribution in [1.82, 2.24) is 15.1 Å². The van der Waals surface area contributed by atoms with Crippen LogP contribution in [0.2, 0.25) is 0 Å². The number of benzene rings is 1. The third-order valence-corrected chi connectivity index (χ3v) is 4.32. The molecule has 134 valence electrons. The van der Waals surface area contributed by atoms with Crippen LogP contribution in [0.15, 0.2) is 30.3 Å². The van der Waals surface area contributed by atoms with E-state index in [1.807, 2.05) is 4.90 Å². The molecule has 0 unspecified atom stereocenters. The SMILES string of the molecule is COC[C@@H]1CCCCN1C(=O)c1cc(COc2ccccc2F)[nH]n1. The number of para-hydroxylation sites is 1. The molecule has 0 spiro atoms. The number of nitrogens with one attached hydrogen (secondary N) is 1. The first kappa shape index (κ1) is 17.4. The number of carbonyl (C=O) groups is 1. The predicted molar refractivity (Wildman–Crippen MR) is 89.9 cm³/mol. The lowest BCUT2D eigenvalue weighted by atomic mass is 10.0. The van der Waals surface area contributed by atoms with Crippen LogP contribution in [0.3, 0.4) is 0 Å². The molecule has 1 saturated heterocycles. The molecule has 2 aromatic rings. The normalized spacial score (nSPS) is 17.5. The number of halogens is 1. The minimum absolute atomic E-state index is 0.0843. The van der Waals surface area contributed by atoms with Gasteiger partial charge in [0.1, 0.15) is 6.61 Å². The topological polar surface area (TPSA) is 67.4 Å². The maximum absolute atomic E-state index is 13.6. The molecule has 7 heteroatoms. The highest BCUT2D eigenvalue weighted by atomic mass is 19.1. The Labute approximate surface area is 145 Å². The number of hydrogen-bond donors (Lipinski definition) is 1. The number of H-pyrrole nitrogens is 1. The van der Waals surface area contributed by atoms with Crippen molar-refractivity contribution in [3.8, 4) is 5.75 Å². The number of likely N-dealkylation sites (tertiary alicyclic amines) is 1. The second-order valence-electron chi connectivity index (χ2n) is 6.10. The summed E-state index contributed by atoms with van der Waals surface area (Å²) in [4.78, 5) is 14.5. The third-order valence-electron chi connectivity index (χ3n) is 4.32. The van der Waals surface area contributed by atoms with E-state index in [9.17, 15) is 9.18 Å². The first-order valence-electron chi connectivity index (χ1n) is 8.40. The molecule has 0 aliphatic carbocycles. The summed E-state index contributed by atoms with van der Waals surface area (Å²) in [7, 11) is 1.64. The second kappa shape index (κ2) is 8.11. The van der Waals surface area contributed by atoms with Gasteiger partial charge in [-0.25, -0.2) is 4.39 Å². The lowest BCUT2D eigenvalue weighted by Crippen LogP contribution is -2.46. The van der Waals surface area contributed by atoms with Gasteiger partial charge in [-0.3, -0.25) is 9.89 Å². The molecule has 1 aliphatic rings. The molecule has 6 nitrogen and oxygen atoms in total. The summed E-state index contributed by atoms with van der Waals surface area (Å²) in [5, 5.41) is 6.88. The van der Waals surface area contributed by atoms with Crippen LogP contribution in [-0.4, -0.2) is 47.3 Å². The fraction of sp³-hybridized carbons (Fsp3) is 0.444. The van der Waals surface area contributed by atoms with E-state index in [1.165, 1.54) is 6.07 Å². The van der Waals surface area contributed by atoms with Gasteiger partial charge in [0.15, 0.2) is 17.3 Å². The number of rotatable bonds is 6. The van der Waals surface area contributed by atoms with Gasteiger partial charge in [0.25, 0.3) is 5.91 Å². The van der Waals surface area contributed by atoms with Crippen LogP contribution in [0, 0.1) is 5.82 Å². The van der Waals surface area contributed by atoms with E-state index in [-0.39, 0.29) is 24.3 Å². The molecule has 0 bridgehead atoms. The molecule has 1 aromatic heterocycles. The molecule has 0 saturated carbocycles. The molecule has 1 fully saturated rings. The van der Waals surface area contributed by atoms with Crippen LogP contribution >= 0.6 is 0 Å². The zero-order valence-corrected chi connectivity index (χ0v) is 14.2. The van der Waals surface area contributed by atoms with Crippen molar-refractivity contribution in [1.29, 1.82) is 0 Å². The average Bonchev–Trinajstić information content (AvgIpc) is 3.10. The number of hydrogen-bond acceptors (Lipinski definition) is 4. The van der Waals surface area contributed by atoms with Gasteiger partial charge in [0.05, 0.1) is 18.3 Å². The summed E-state index contributed by atoms with van der Waals surface area (Å²) in [6.45, 7) is 1.35. The molecule has 0 radical (unpaired) electrons. The van der Waals surface area contributed by atoms with Gasteiger partial charge >= 0.3 is 0 Å². The quantitative estimate of drug-likeness (QED) is 0.872. The smallest absolute Gasteiger partial charge is 0.274 e. The largest absolute Gasteiger partial charge is 0.484 e. The molecule has 25 heavy (non-hydrogen) atoms. The Morgan fingerprint density at radius 3 is 3.04 bits per heavy atom. The molecule has 3 rings (SSSR count). The van der Waals surface area contributed by atoms with E-state index in [0.29, 0.717) is 24.5 Å². The second-order valence-corrected chi connectivity index (χ2v) is 6.10. The van der Waals surface area contributed by atoms with Gasteiger partial charge in [-0.05, 0) is 37.5 Å². The van der Waals surface area contributed by atoms with Crippen molar-refractivity contribution in [3.63, 3.8) is 0 Å². The molecular weight excluding hydrogens is 325 g/mol. The van der Waals surface area contributed by atoms with E-state index < -0.39 is 5.82 Å². The number of methoxy groups -OCH3 is 1. The fourth-order valence-electron chi connectivity index (χ4n) is 3.04. The van der Waals surface area contributed by atoms with Crippen LogP contribution in [0.25, 0.3) is 0 Å². The number of carbonyl (C=O) groups excluding carboxylic acids is 1. The van der Waals surface area contributed by atoms with E-state index in [0.717, 1.165) is 19.3 Å². The molecular formula is C18H22FN3O3. The van der Waals surface area contributed by atoms with Gasteiger partial charge in [-0.1, -0.05) is 12.1 Å². The van der Waals surface area contributed by atoms with Crippen LogP contribution in [-0.2, 0) is 11.3 Å². The lowest BCUT2D eigenvalue weighted by Gasteiger charge is -2.34. The van der Waals surface area contributed by atoms with Gasteiger partial charge in [-0.15, -0.1) is 0 Å². The highest BCUT2D eigenvalue weighted by Crippen LogP contribution is 2.20. The molecule has 1 aromatic carbocycles. The Kier molecular flexibility index (Phi) is 5.65. The van der Waals surface area contributed by atoms with Crippen molar-refractivity contribution in [2.24, 2.45) is 0 Å². The monoisotopic (exact) mass is 347 g/mol. The Morgan fingerprint density at radius 2 is 2.24 bits per heavy atom. The van der Waals surface area contributed by atoms with Crippen molar-refractivity contribution in [3.05, 3.63) is 47.5 Å². The fourth-order valence-corrected chi connectivity index (χ4v) is 3.04. The minimum Gasteiger partial charge on any atom is -0.484 e. The zero-order chi connectivity index (χ0) is 17.6. The summed E-state index contributed by atoms with van der Waals surface area (Å²) >= 11 is 0. The van der Waals surface area contributed by atoms with Gasteiger partial charge in [-0.2, -0.15) is 5.10 Å². The molecule has 1 atom stereocenters. The average molecular weight is 347 g/mol. The number of ether oxygens (including phenoxy) is 2. The van der Waals surface area contributed by atoms with E-state index in [1.54, 1.807) is 31.4 Å². The maximum atomic E-state index is 13.6. The van der Waals surface area contributed by atoms with E-state index >= 15 is 0 Å². The van der Waals surface area contributed by atoms with Crippen LogP contribution in [0.1, 0.15) is 35.4 Å². The summed E-state index contributed by atoms with van der Waals surface area (Å²) in [6.07, 6.45) is 3.02. The number of piperidine rings is 1. The highest BCUT2D eigenvalue weighted by Gasteiger charge is 2.28.